The molecule has 0 saturated carbocycles. The number of nitrogens with one attached hydrogen (secondary N) is 1. The third kappa shape index (κ3) is 3.52. The Balaban J connectivity index is 1.93. The zero-order valence-corrected chi connectivity index (χ0v) is 14.2. The molecule has 0 fully saturated rings. The van der Waals surface area contributed by atoms with Gasteiger partial charge in [-0.3, -0.25) is 14.9 Å². The molecule has 0 aromatic heterocycles. The van der Waals surface area contributed by atoms with Gasteiger partial charge in [0, 0.05) is 23.8 Å². The normalized spacial score (nSPS) is 20.9. The van der Waals surface area contributed by atoms with E-state index >= 15 is 0 Å². The fourth-order valence-corrected chi connectivity index (χ4v) is 2.50. The van der Waals surface area contributed by atoms with Crippen LogP contribution in [0.1, 0.15) is 10.4 Å². The molecule has 1 heterocycles. The van der Waals surface area contributed by atoms with Crippen LogP contribution in [0.2, 0.25) is 5.02 Å². The van der Waals surface area contributed by atoms with E-state index in [-0.39, 0.29) is 5.96 Å². The Morgan fingerprint density at radius 2 is 2.00 bits per heavy atom. The van der Waals surface area contributed by atoms with Gasteiger partial charge in [0.15, 0.2) is 0 Å². The molecule has 8 heteroatoms. The van der Waals surface area contributed by atoms with Crippen molar-refractivity contribution in [3.63, 3.8) is 0 Å². The number of rotatable bonds is 3. The third-order valence-corrected chi connectivity index (χ3v) is 3.89. The monoisotopic (exact) mass is 359 g/mol. The van der Waals surface area contributed by atoms with Crippen LogP contribution in [-0.4, -0.2) is 43.8 Å². The van der Waals surface area contributed by atoms with E-state index in [1.165, 1.54) is 14.2 Å². The first-order valence-electron chi connectivity index (χ1n) is 7.31. The van der Waals surface area contributed by atoms with E-state index in [2.05, 4.69) is 15.3 Å². The zero-order valence-electron chi connectivity index (χ0n) is 13.4. The summed E-state index contributed by atoms with van der Waals surface area (Å²) in [5.41, 5.74) is 1.03. The number of hydrogen-bond acceptors (Lipinski definition) is 4. The maximum atomic E-state index is 12.3. The third-order valence-electron chi connectivity index (χ3n) is 3.64. The molecule has 1 aliphatic carbocycles. The van der Waals surface area contributed by atoms with E-state index in [0.29, 0.717) is 27.6 Å². The first-order valence-corrected chi connectivity index (χ1v) is 7.69. The highest BCUT2D eigenvalue weighted by atomic mass is 35.5. The molecule has 2 aliphatic rings. The summed E-state index contributed by atoms with van der Waals surface area (Å²) in [6.07, 6.45) is 2.72. The first kappa shape index (κ1) is 17.1. The molecule has 0 saturated heterocycles. The number of guanidine groups is 1. The maximum absolute atomic E-state index is 12.3. The first-order chi connectivity index (χ1) is 12.0. The van der Waals surface area contributed by atoms with E-state index in [1.807, 2.05) is 0 Å². The molecule has 2 amide bonds. The number of carbonyl (C=O) groups excluding carboxylic acids is 2. The highest BCUT2D eigenvalue weighted by Gasteiger charge is 2.30. The number of nitrogens with zero attached hydrogens (tertiary/aromatic N) is 2. The lowest BCUT2D eigenvalue weighted by Crippen LogP contribution is -2.40. The zero-order chi connectivity index (χ0) is 18.0. The Hall–Kier alpha value is -2.77. The number of benzene rings is 1. The summed E-state index contributed by atoms with van der Waals surface area (Å²) in [5.74, 6) is -0.533. The Bertz CT molecular complexity index is 853. The highest BCUT2D eigenvalue weighted by molar-refractivity contribution is 6.34. The molecule has 0 bridgehead atoms. The predicted molar refractivity (Wildman–Crippen MR) is 92.8 cm³/mol. The Labute approximate surface area is 148 Å². The van der Waals surface area contributed by atoms with Crippen LogP contribution < -0.4 is 5.32 Å². The fourth-order valence-electron chi connectivity index (χ4n) is 2.37. The number of ether oxygens (including phenoxy) is 2. The van der Waals surface area contributed by atoms with Crippen LogP contribution in [0.15, 0.2) is 57.7 Å². The van der Waals surface area contributed by atoms with Crippen molar-refractivity contribution in [2.45, 2.75) is 6.10 Å². The smallest absolute Gasteiger partial charge is 0.280 e. The Morgan fingerprint density at radius 1 is 1.28 bits per heavy atom. The van der Waals surface area contributed by atoms with Gasteiger partial charge in [0.2, 0.25) is 5.96 Å². The van der Waals surface area contributed by atoms with Crippen LogP contribution in [0.4, 0.5) is 0 Å². The summed E-state index contributed by atoms with van der Waals surface area (Å²) in [5, 5.41) is 3.00. The van der Waals surface area contributed by atoms with Gasteiger partial charge in [0.25, 0.3) is 11.8 Å². The summed E-state index contributed by atoms with van der Waals surface area (Å²) in [4.78, 5) is 32.5. The molecular weight excluding hydrogens is 346 g/mol. The second-order valence-electron chi connectivity index (χ2n) is 5.19. The second kappa shape index (κ2) is 7.00. The van der Waals surface area contributed by atoms with Gasteiger partial charge in [-0.2, -0.15) is 4.99 Å². The molecule has 3 rings (SSSR count). The number of hydrogen-bond donors (Lipinski definition) is 1. The van der Waals surface area contributed by atoms with E-state index in [4.69, 9.17) is 21.1 Å². The lowest BCUT2D eigenvalue weighted by Gasteiger charge is -2.24. The minimum absolute atomic E-state index is 0.0836. The minimum atomic E-state index is -0.537. The van der Waals surface area contributed by atoms with Gasteiger partial charge >= 0.3 is 0 Å². The molecule has 0 spiro atoms. The van der Waals surface area contributed by atoms with Crippen molar-refractivity contribution in [2.24, 2.45) is 9.98 Å². The summed E-state index contributed by atoms with van der Waals surface area (Å²) in [6.45, 7) is 0. The maximum Gasteiger partial charge on any atom is 0.280 e. The van der Waals surface area contributed by atoms with Crippen LogP contribution in [-0.2, 0) is 14.3 Å². The molecular formula is C17H14ClN3O4. The van der Waals surface area contributed by atoms with Crippen LogP contribution in [0.5, 0.6) is 0 Å². The van der Waals surface area contributed by atoms with Crippen molar-refractivity contribution in [3.8, 4) is 0 Å². The fraction of sp³-hybridized carbons (Fsp3) is 0.176. The molecule has 1 unspecified atom stereocenters. The number of carbonyl (C=O) groups is 2. The number of amides is 2. The Kier molecular flexibility index (Phi) is 4.78. The van der Waals surface area contributed by atoms with Gasteiger partial charge in [-0.1, -0.05) is 11.6 Å². The van der Waals surface area contributed by atoms with Gasteiger partial charge in [0.1, 0.15) is 11.9 Å². The van der Waals surface area contributed by atoms with E-state index in [1.54, 1.807) is 36.4 Å². The van der Waals surface area contributed by atoms with Gasteiger partial charge in [-0.25, -0.2) is 4.99 Å². The quantitative estimate of drug-likeness (QED) is 0.892. The molecule has 25 heavy (non-hydrogen) atoms. The molecule has 1 aromatic rings. The summed E-state index contributed by atoms with van der Waals surface area (Å²) < 4.78 is 10.5. The average Bonchev–Trinajstić information content (AvgIpc) is 2.61. The summed E-state index contributed by atoms with van der Waals surface area (Å²) >= 11 is 5.79. The number of aliphatic imine (C=N–C) groups is 2. The number of fused-ring (bicyclic) bond motifs is 1. The predicted octanol–water partition coefficient (Wildman–Crippen LogP) is 1.89. The molecule has 1 aromatic carbocycles. The largest absolute Gasteiger partial charge is 0.498 e. The van der Waals surface area contributed by atoms with Gasteiger partial charge < -0.3 is 9.47 Å². The molecule has 7 nitrogen and oxygen atoms in total. The van der Waals surface area contributed by atoms with Crippen molar-refractivity contribution in [3.05, 3.63) is 58.3 Å². The van der Waals surface area contributed by atoms with Gasteiger partial charge in [-0.15, -0.1) is 0 Å². The van der Waals surface area contributed by atoms with Crippen molar-refractivity contribution in [1.82, 2.24) is 5.32 Å². The summed E-state index contributed by atoms with van der Waals surface area (Å²) in [6, 6.07) is 6.26. The standard InChI is InChI=1S/C17H14ClN3O4/c1-24-13-7-11-12(8-14(13)25-2)19-17(21-16(11)23)20-15(22)9-3-5-10(18)6-4-9/h3-8,13H,1-2H3,(H,20,21,22,23). The van der Waals surface area contributed by atoms with Crippen LogP contribution in [0.25, 0.3) is 0 Å². The lowest BCUT2D eigenvalue weighted by molar-refractivity contribution is -0.115. The molecule has 1 aliphatic heterocycles. The van der Waals surface area contributed by atoms with E-state index in [9.17, 15) is 9.59 Å². The lowest BCUT2D eigenvalue weighted by atomic mass is 9.98. The molecule has 0 radical (unpaired) electrons. The van der Waals surface area contributed by atoms with Crippen molar-refractivity contribution in [1.29, 1.82) is 0 Å². The van der Waals surface area contributed by atoms with Crippen molar-refractivity contribution < 1.29 is 19.1 Å². The average molecular weight is 360 g/mol. The van der Waals surface area contributed by atoms with Crippen molar-refractivity contribution in [2.75, 3.05) is 14.2 Å². The number of halogens is 1. The van der Waals surface area contributed by atoms with Crippen LogP contribution in [0, 0.1) is 0 Å². The van der Waals surface area contributed by atoms with Crippen molar-refractivity contribution >= 4 is 35.1 Å². The minimum Gasteiger partial charge on any atom is -0.498 e. The van der Waals surface area contributed by atoms with Gasteiger partial charge in [-0.05, 0) is 30.3 Å². The topological polar surface area (TPSA) is 89.4 Å². The number of allylic oxidation sites excluding steroid dienone is 1. The molecule has 128 valence electrons. The van der Waals surface area contributed by atoms with E-state index < -0.39 is 17.9 Å². The van der Waals surface area contributed by atoms with Crippen LogP contribution >= 0.6 is 11.6 Å². The molecule has 1 N–H and O–H groups in total. The molecule has 1 atom stereocenters. The van der Waals surface area contributed by atoms with Gasteiger partial charge in [0.05, 0.1) is 18.4 Å². The SMILES string of the molecule is COC1=CC2=NC(=NC(=O)c3ccc(Cl)cc3)NC(=O)C2=CC1OC. The van der Waals surface area contributed by atoms with Crippen LogP contribution in [0.3, 0.4) is 0 Å². The number of methoxy groups -OCH3 is 2. The second-order valence-corrected chi connectivity index (χ2v) is 5.62. The Morgan fingerprint density at radius 3 is 2.64 bits per heavy atom. The summed E-state index contributed by atoms with van der Waals surface area (Å²) in [7, 11) is 3.01. The van der Waals surface area contributed by atoms with E-state index in [0.717, 1.165) is 0 Å². The highest BCUT2D eigenvalue weighted by Crippen LogP contribution is 2.21.